The standard InChI is InChI=1S/C20H15ClN4O2/c1-27-16-5-3-2-4-13(16)14-10-15(11-6-8-12(21)9-7-11)23-19-17(14)18(22)24-20(26)25-19/h2-10H,1H3,(H3,22,23,24,25,26). The van der Waals surface area contributed by atoms with Crippen molar-refractivity contribution in [2.24, 2.45) is 0 Å². The maximum Gasteiger partial charge on any atom is 0.348 e. The van der Waals surface area contributed by atoms with Crippen LogP contribution in [-0.2, 0) is 0 Å². The summed E-state index contributed by atoms with van der Waals surface area (Å²) in [6, 6.07) is 16.8. The number of nitrogens with one attached hydrogen (secondary N) is 1. The molecule has 0 unspecified atom stereocenters. The Bertz CT molecular complexity index is 1200. The number of anilines is 1. The number of halogens is 1. The number of methoxy groups -OCH3 is 1. The summed E-state index contributed by atoms with van der Waals surface area (Å²) in [5, 5.41) is 1.19. The van der Waals surface area contributed by atoms with Gasteiger partial charge in [0.15, 0.2) is 5.65 Å². The van der Waals surface area contributed by atoms with E-state index in [2.05, 4.69) is 15.0 Å². The first-order chi connectivity index (χ1) is 13.1. The van der Waals surface area contributed by atoms with Crippen molar-refractivity contribution >= 4 is 28.5 Å². The lowest BCUT2D eigenvalue weighted by atomic mass is 9.99. The number of benzene rings is 2. The van der Waals surface area contributed by atoms with Gasteiger partial charge in [0.2, 0.25) is 0 Å². The highest BCUT2D eigenvalue weighted by atomic mass is 35.5. The van der Waals surface area contributed by atoms with Crippen LogP contribution in [0.5, 0.6) is 5.75 Å². The second-order valence-electron chi connectivity index (χ2n) is 5.92. The Morgan fingerprint density at radius 2 is 1.78 bits per heavy atom. The van der Waals surface area contributed by atoms with E-state index in [-0.39, 0.29) is 11.5 Å². The van der Waals surface area contributed by atoms with E-state index in [1.807, 2.05) is 42.5 Å². The van der Waals surface area contributed by atoms with Crippen molar-refractivity contribution in [3.05, 3.63) is 70.1 Å². The zero-order valence-corrected chi connectivity index (χ0v) is 15.1. The first-order valence-corrected chi connectivity index (χ1v) is 8.54. The van der Waals surface area contributed by atoms with Crippen LogP contribution in [0.1, 0.15) is 0 Å². The highest BCUT2D eigenvalue weighted by molar-refractivity contribution is 6.30. The molecule has 0 atom stereocenters. The molecule has 0 fully saturated rings. The summed E-state index contributed by atoms with van der Waals surface area (Å²) in [7, 11) is 1.60. The molecule has 134 valence electrons. The molecule has 7 heteroatoms. The number of fused-ring (bicyclic) bond motifs is 1. The lowest BCUT2D eigenvalue weighted by Gasteiger charge is -2.13. The third-order valence-electron chi connectivity index (χ3n) is 4.26. The van der Waals surface area contributed by atoms with E-state index in [0.29, 0.717) is 21.9 Å². The summed E-state index contributed by atoms with van der Waals surface area (Å²) in [4.78, 5) is 22.9. The normalized spacial score (nSPS) is 10.9. The number of hydrogen-bond donors (Lipinski definition) is 2. The summed E-state index contributed by atoms with van der Waals surface area (Å²) in [6.45, 7) is 0. The molecular formula is C20H15ClN4O2. The molecule has 2 heterocycles. The molecule has 0 aliphatic carbocycles. The third kappa shape index (κ3) is 3.11. The minimum Gasteiger partial charge on any atom is -0.496 e. The van der Waals surface area contributed by atoms with Crippen LogP contribution in [0.15, 0.2) is 59.4 Å². The van der Waals surface area contributed by atoms with Gasteiger partial charge in [-0.3, -0.25) is 4.98 Å². The molecule has 4 aromatic rings. The molecule has 6 nitrogen and oxygen atoms in total. The molecule has 0 amide bonds. The Balaban J connectivity index is 2.09. The highest BCUT2D eigenvalue weighted by Crippen LogP contribution is 2.37. The number of ether oxygens (including phenoxy) is 1. The van der Waals surface area contributed by atoms with Crippen LogP contribution in [-0.4, -0.2) is 22.1 Å². The average molecular weight is 379 g/mol. The highest BCUT2D eigenvalue weighted by Gasteiger charge is 2.16. The number of nitrogens with zero attached hydrogens (tertiary/aromatic N) is 2. The van der Waals surface area contributed by atoms with E-state index in [1.165, 1.54) is 0 Å². The summed E-state index contributed by atoms with van der Waals surface area (Å²) in [5.74, 6) is 0.888. The number of nitrogen functional groups attached to an aromatic ring is 1. The quantitative estimate of drug-likeness (QED) is 0.564. The minimum atomic E-state index is -0.549. The van der Waals surface area contributed by atoms with Gasteiger partial charge in [-0.25, -0.2) is 9.78 Å². The monoisotopic (exact) mass is 378 g/mol. The smallest absolute Gasteiger partial charge is 0.348 e. The summed E-state index contributed by atoms with van der Waals surface area (Å²) in [5.41, 5.74) is 8.91. The largest absolute Gasteiger partial charge is 0.496 e. The maximum absolute atomic E-state index is 11.8. The van der Waals surface area contributed by atoms with Gasteiger partial charge in [0.1, 0.15) is 11.6 Å². The van der Waals surface area contributed by atoms with Gasteiger partial charge in [0.05, 0.1) is 18.2 Å². The molecule has 0 saturated heterocycles. The molecule has 0 radical (unpaired) electrons. The molecule has 0 saturated carbocycles. The van der Waals surface area contributed by atoms with Gasteiger partial charge in [0.25, 0.3) is 0 Å². The molecule has 0 spiro atoms. The topological polar surface area (TPSA) is 93.9 Å². The van der Waals surface area contributed by atoms with Crippen LogP contribution in [0.3, 0.4) is 0 Å². The summed E-state index contributed by atoms with van der Waals surface area (Å²) < 4.78 is 5.50. The van der Waals surface area contributed by atoms with Crippen LogP contribution in [0.4, 0.5) is 5.82 Å². The number of pyridine rings is 1. The molecule has 2 aromatic heterocycles. The number of para-hydroxylation sites is 1. The van der Waals surface area contributed by atoms with Crippen molar-refractivity contribution in [3.8, 4) is 28.1 Å². The predicted octanol–water partition coefficient (Wildman–Crippen LogP) is 3.90. The van der Waals surface area contributed by atoms with Gasteiger partial charge in [-0.15, -0.1) is 0 Å². The Morgan fingerprint density at radius 3 is 2.52 bits per heavy atom. The van der Waals surface area contributed by atoms with Crippen molar-refractivity contribution in [1.29, 1.82) is 0 Å². The average Bonchev–Trinajstić information content (AvgIpc) is 2.67. The number of aromatic nitrogens is 3. The number of nitrogens with two attached hydrogens (primary N) is 1. The molecule has 0 aliphatic heterocycles. The predicted molar refractivity (Wildman–Crippen MR) is 107 cm³/mol. The number of aromatic amines is 1. The van der Waals surface area contributed by atoms with Gasteiger partial charge < -0.3 is 10.5 Å². The fraction of sp³-hybridized carbons (Fsp3) is 0.0500. The molecule has 0 bridgehead atoms. The zero-order valence-electron chi connectivity index (χ0n) is 14.4. The zero-order chi connectivity index (χ0) is 19.0. The Labute approximate surface area is 159 Å². The maximum atomic E-state index is 11.8. The first-order valence-electron chi connectivity index (χ1n) is 8.16. The van der Waals surface area contributed by atoms with Crippen molar-refractivity contribution < 1.29 is 4.74 Å². The van der Waals surface area contributed by atoms with Crippen LogP contribution in [0.2, 0.25) is 5.02 Å². The van der Waals surface area contributed by atoms with Crippen molar-refractivity contribution in [3.63, 3.8) is 0 Å². The summed E-state index contributed by atoms with van der Waals surface area (Å²) in [6.07, 6.45) is 0. The van der Waals surface area contributed by atoms with Crippen molar-refractivity contribution in [2.75, 3.05) is 12.8 Å². The van der Waals surface area contributed by atoms with Crippen LogP contribution >= 0.6 is 11.6 Å². The van der Waals surface area contributed by atoms with Crippen molar-refractivity contribution in [1.82, 2.24) is 15.0 Å². The van der Waals surface area contributed by atoms with Crippen LogP contribution in [0.25, 0.3) is 33.4 Å². The van der Waals surface area contributed by atoms with E-state index in [1.54, 1.807) is 19.2 Å². The fourth-order valence-electron chi connectivity index (χ4n) is 3.03. The molecule has 0 aliphatic rings. The molecule has 4 rings (SSSR count). The second kappa shape index (κ2) is 6.74. The second-order valence-corrected chi connectivity index (χ2v) is 6.35. The van der Waals surface area contributed by atoms with E-state index >= 15 is 0 Å². The number of rotatable bonds is 3. The molecule has 3 N–H and O–H groups in total. The summed E-state index contributed by atoms with van der Waals surface area (Å²) >= 11 is 5.99. The Morgan fingerprint density at radius 1 is 1.04 bits per heavy atom. The van der Waals surface area contributed by atoms with Gasteiger partial charge >= 0.3 is 5.69 Å². The van der Waals surface area contributed by atoms with E-state index in [9.17, 15) is 4.79 Å². The Hall–Kier alpha value is -3.38. The molecule has 27 heavy (non-hydrogen) atoms. The SMILES string of the molecule is COc1ccccc1-c1cc(-c2ccc(Cl)cc2)nc2nc(=O)[nH]c(N)c12. The lowest BCUT2D eigenvalue weighted by molar-refractivity contribution is 0.416. The molecular weight excluding hydrogens is 364 g/mol. The fourth-order valence-corrected chi connectivity index (χ4v) is 3.15. The van der Waals surface area contributed by atoms with Crippen LogP contribution in [0, 0.1) is 0 Å². The Kier molecular flexibility index (Phi) is 4.25. The van der Waals surface area contributed by atoms with Crippen LogP contribution < -0.4 is 16.2 Å². The number of hydrogen-bond acceptors (Lipinski definition) is 5. The van der Waals surface area contributed by atoms with Gasteiger partial charge in [-0.05, 0) is 24.3 Å². The lowest BCUT2D eigenvalue weighted by Crippen LogP contribution is -2.14. The van der Waals surface area contributed by atoms with E-state index < -0.39 is 5.69 Å². The van der Waals surface area contributed by atoms with Crippen molar-refractivity contribution in [2.45, 2.75) is 0 Å². The van der Waals surface area contributed by atoms with Gasteiger partial charge in [0, 0.05) is 21.7 Å². The van der Waals surface area contributed by atoms with E-state index in [0.717, 1.165) is 16.7 Å². The molecule has 2 aromatic carbocycles. The minimum absolute atomic E-state index is 0.209. The van der Waals surface area contributed by atoms with Gasteiger partial charge in [-0.1, -0.05) is 41.9 Å². The van der Waals surface area contributed by atoms with Gasteiger partial charge in [-0.2, -0.15) is 4.98 Å². The third-order valence-corrected chi connectivity index (χ3v) is 4.51. The number of H-pyrrole nitrogens is 1. The van der Waals surface area contributed by atoms with E-state index in [4.69, 9.17) is 22.1 Å². The first kappa shape index (κ1) is 17.1.